The molecule has 1 rings (SSSR count). The average molecular weight is 251 g/mol. The molecular weight excluding hydrogens is 222 g/mol. The Kier molecular flexibility index (Phi) is 7.02. The van der Waals surface area contributed by atoms with Crippen LogP contribution in [0.1, 0.15) is 70.2 Å². The Bertz CT molecular complexity index is 328. The van der Waals surface area contributed by atoms with E-state index in [-0.39, 0.29) is 0 Å². The van der Waals surface area contributed by atoms with Crippen LogP contribution in [0.2, 0.25) is 0 Å². The number of nitrogens with one attached hydrogen (secondary N) is 1. The van der Waals surface area contributed by atoms with Crippen molar-refractivity contribution in [1.29, 1.82) is 0 Å². The van der Waals surface area contributed by atoms with E-state index in [4.69, 9.17) is 0 Å². The number of rotatable bonds is 9. The Morgan fingerprint density at radius 2 is 1.94 bits per heavy atom. The monoisotopic (exact) mass is 251 g/mol. The van der Waals surface area contributed by atoms with Crippen molar-refractivity contribution in [1.82, 2.24) is 15.1 Å². The second-order valence-corrected chi connectivity index (χ2v) is 5.38. The minimum absolute atomic E-state index is 0.452. The van der Waals surface area contributed by atoms with Gasteiger partial charge in [0.1, 0.15) is 0 Å². The molecule has 1 heterocycles. The standard InChI is InChI=1S/C15H29N3/c1-5-6-7-8-9-10-16-11-15-12-17-18(13(2)3)14(15)4/h12-13,16H,5-11H2,1-4H3. The van der Waals surface area contributed by atoms with Crippen molar-refractivity contribution in [2.24, 2.45) is 0 Å². The molecule has 0 unspecified atom stereocenters. The number of aromatic nitrogens is 2. The highest BCUT2D eigenvalue weighted by Crippen LogP contribution is 2.12. The number of hydrogen-bond donors (Lipinski definition) is 1. The lowest BCUT2D eigenvalue weighted by molar-refractivity contribution is 0.517. The highest BCUT2D eigenvalue weighted by atomic mass is 15.3. The fourth-order valence-electron chi connectivity index (χ4n) is 2.23. The summed E-state index contributed by atoms with van der Waals surface area (Å²) >= 11 is 0. The first-order valence-corrected chi connectivity index (χ1v) is 7.40. The van der Waals surface area contributed by atoms with E-state index in [1.165, 1.54) is 43.4 Å². The van der Waals surface area contributed by atoms with Gasteiger partial charge in [0, 0.05) is 23.8 Å². The molecule has 0 amide bonds. The summed E-state index contributed by atoms with van der Waals surface area (Å²) in [6.07, 6.45) is 8.71. The van der Waals surface area contributed by atoms with Crippen molar-refractivity contribution in [3.05, 3.63) is 17.5 Å². The van der Waals surface area contributed by atoms with E-state index in [0.717, 1.165) is 13.1 Å². The molecule has 3 nitrogen and oxygen atoms in total. The molecule has 1 aromatic heterocycles. The zero-order valence-electron chi connectivity index (χ0n) is 12.5. The Morgan fingerprint density at radius 3 is 2.56 bits per heavy atom. The summed E-state index contributed by atoms with van der Waals surface area (Å²) < 4.78 is 2.10. The number of nitrogens with zero attached hydrogens (tertiary/aromatic N) is 2. The summed E-state index contributed by atoms with van der Waals surface area (Å²) in [6, 6.07) is 0.452. The van der Waals surface area contributed by atoms with Gasteiger partial charge < -0.3 is 5.32 Å². The lowest BCUT2D eigenvalue weighted by Gasteiger charge is -2.09. The van der Waals surface area contributed by atoms with Crippen LogP contribution in [-0.4, -0.2) is 16.3 Å². The maximum Gasteiger partial charge on any atom is 0.0537 e. The van der Waals surface area contributed by atoms with E-state index in [0.29, 0.717) is 6.04 Å². The van der Waals surface area contributed by atoms with Crippen LogP contribution in [0.15, 0.2) is 6.20 Å². The van der Waals surface area contributed by atoms with Crippen LogP contribution in [0.3, 0.4) is 0 Å². The highest BCUT2D eigenvalue weighted by Gasteiger charge is 2.07. The Labute approximate surface area is 112 Å². The van der Waals surface area contributed by atoms with Gasteiger partial charge in [-0.2, -0.15) is 5.10 Å². The molecular formula is C15H29N3. The largest absolute Gasteiger partial charge is 0.313 e. The zero-order chi connectivity index (χ0) is 13.4. The third-order valence-electron chi connectivity index (χ3n) is 3.41. The van der Waals surface area contributed by atoms with E-state index in [2.05, 4.69) is 42.8 Å². The molecule has 0 saturated heterocycles. The zero-order valence-corrected chi connectivity index (χ0v) is 12.5. The van der Waals surface area contributed by atoms with Crippen molar-refractivity contribution in [3.63, 3.8) is 0 Å². The SMILES string of the molecule is CCCCCCCNCc1cnn(C(C)C)c1C. The van der Waals surface area contributed by atoms with E-state index in [1.807, 2.05) is 6.20 Å². The molecule has 0 saturated carbocycles. The normalized spacial score (nSPS) is 11.4. The molecule has 0 fully saturated rings. The topological polar surface area (TPSA) is 29.9 Å². The molecule has 0 bridgehead atoms. The summed E-state index contributed by atoms with van der Waals surface area (Å²) in [5, 5.41) is 7.95. The lowest BCUT2D eigenvalue weighted by atomic mass is 10.1. The van der Waals surface area contributed by atoms with Crippen LogP contribution < -0.4 is 5.32 Å². The Hall–Kier alpha value is -0.830. The minimum Gasteiger partial charge on any atom is -0.313 e. The van der Waals surface area contributed by atoms with E-state index >= 15 is 0 Å². The molecule has 104 valence electrons. The van der Waals surface area contributed by atoms with Gasteiger partial charge in [-0.3, -0.25) is 4.68 Å². The maximum absolute atomic E-state index is 4.43. The predicted octanol–water partition coefficient (Wildman–Crippen LogP) is 3.83. The van der Waals surface area contributed by atoms with Gasteiger partial charge in [0.2, 0.25) is 0 Å². The fourth-order valence-corrected chi connectivity index (χ4v) is 2.23. The quantitative estimate of drug-likeness (QED) is 0.676. The summed E-state index contributed by atoms with van der Waals surface area (Å²) in [5.41, 5.74) is 2.63. The van der Waals surface area contributed by atoms with Crippen LogP contribution in [-0.2, 0) is 6.54 Å². The van der Waals surface area contributed by atoms with Gasteiger partial charge in [0.25, 0.3) is 0 Å². The van der Waals surface area contributed by atoms with Gasteiger partial charge in [-0.25, -0.2) is 0 Å². The first-order chi connectivity index (χ1) is 8.66. The molecule has 0 radical (unpaired) electrons. The molecule has 0 aliphatic rings. The van der Waals surface area contributed by atoms with Crippen LogP contribution >= 0.6 is 0 Å². The van der Waals surface area contributed by atoms with Gasteiger partial charge in [0.15, 0.2) is 0 Å². The summed E-state index contributed by atoms with van der Waals surface area (Å²) in [6.45, 7) is 10.8. The van der Waals surface area contributed by atoms with Gasteiger partial charge >= 0.3 is 0 Å². The summed E-state index contributed by atoms with van der Waals surface area (Å²) in [5.74, 6) is 0. The van der Waals surface area contributed by atoms with Crippen molar-refractivity contribution in [2.45, 2.75) is 72.4 Å². The molecule has 0 aliphatic heterocycles. The Balaban J connectivity index is 2.19. The molecule has 18 heavy (non-hydrogen) atoms. The highest BCUT2D eigenvalue weighted by molar-refractivity contribution is 5.16. The molecule has 0 aromatic carbocycles. The second-order valence-electron chi connectivity index (χ2n) is 5.38. The first-order valence-electron chi connectivity index (χ1n) is 7.40. The van der Waals surface area contributed by atoms with Crippen molar-refractivity contribution >= 4 is 0 Å². The van der Waals surface area contributed by atoms with Crippen LogP contribution in [0.5, 0.6) is 0 Å². The van der Waals surface area contributed by atoms with Crippen LogP contribution in [0.25, 0.3) is 0 Å². The average Bonchev–Trinajstić information content (AvgIpc) is 2.70. The lowest BCUT2D eigenvalue weighted by Crippen LogP contribution is -2.15. The van der Waals surface area contributed by atoms with Crippen molar-refractivity contribution in [2.75, 3.05) is 6.54 Å². The summed E-state index contributed by atoms with van der Waals surface area (Å²) in [4.78, 5) is 0. The molecule has 0 aliphatic carbocycles. The van der Waals surface area contributed by atoms with Gasteiger partial charge in [-0.15, -0.1) is 0 Å². The van der Waals surface area contributed by atoms with Crippen LogP contribution in [0, 0.1) is 6.92 Å². The number of unbranched alkanes of at least 4 members (excludes halogenated alkanes) is 4. The molecule has 1 aromatic rings. The fraction of sp³-hybridized carbons (Fsp3) is 0.800. The first kappa shape index (κ1) is 15.2. The second kappa shape index (κ2) is 8.30. The van der Waals surface area contributed by atoms with E-state index in [1.54, 1.807) is 0 Å². The third-order valence-corrected chi connectivity index (χ3v) is 3.41. The smallest absolute Gasteiger partial charge is 0.0537 e. The minimum atomic E-state index is 0.452. The van der Waals surface area contributed by atoms with E-state index < -0.39 is 0 Å². The predicted molar refractivity (Wildman–Crippen MR) is 77.8 cm³/mol. The van der Waals surface area contributed by atoms with Crippen LogP contribution in [0.4, 0.5) is 0 Å². The molecule has 0 atom stereocenters. The number of hydrogen-bond acceptors (Lipinski definition) is 2. The third kappa shape index (κ3) is 4.81. The molecule has 0 spiro atoms. The van der Waals surface area contributed by atoms with Gasteiger partial charge in [0.05, 0.1) is 6.20 Å². The molecule has 1 N–H and O–H groups in total. The maximum atomic E-state index is 4.43. The van der Waals surface area contributed by atoms with E-state index in [9.17, 15) is 0 Å². The van der Waals surface area contributed by atoms with Gasteiger partial charge in [-0.05, 0) is 33.7 Å². The van der Waals surface area contributed by atoms with Crippen molar-refractivity contribution < 1.29 is 0 Å². The summed E-state index contributed by atoms with van der Waals surface area (Å²) in [7, 11) is 0. The molecule has 3 heteroatoms. The van der Waals surface area contributed by atoms with Crippen molar-refractivity contribution in [3.8, 4) is 0 Å². The Morgan fingerprint density at radius 1 is 1.22 bits per heavy atom. The van der Waals surface area contributed by atoms with Gasteiger partial charge in [-0.1, -0.05) is 32.6 Å².